The van der Waals surface area contributed by atoms with E-state index in [0.717, 1.165) is 4.68 Å². The van der Waals surface area contributed by atoms with Gasteiger partial charge in [-0.2, -0.15) is 5.10 Å². The van der Waals surface area contributed by atoms with Gasteiger partial charge < -0.3 is 10.4 Å². The summed E-state index contributed by atoms with van der Waals surface area (Å²) < 4.78 is 1.11. The molecule has 0 bridgehead atoms. The standard InChI is InChI=1S/C11H17N3O3/c1-7(6-8(2)15)12-11(17)9-4-5-10(16)14(3)13-9/h4-5,7-8,15H,6H2,1-3H3,(H,12,17). The second-order valence-corrected chi connectivity index (χ2v) is 4.14. The van der Waals surface area contributed by atoms with Crippen molar-refractivity contribution in [2.24, 2.45) is 7.05 Å². The summed E-state index contributed by atoms with van der Waals surface area (Å²) in [6.45, 7) is 3.46. The number of aliphatic hydroxyl groups is 1. The molecule has 17 heavy (non-hydrogen) atoms. The van der Waals surface area contributed by atoms with Gasteiger partial charge >= 0.3 is 0 Å². The molecule has 1 amide bonds. The SMILES string of the molecule is CC(O)CC(C)NC(=O)c1ccc(=O)n(C)n1. The van der Waals surface area contributed by atoms with Gasteiger partial charge in [-0.1, -0.05) is 0 Å². The van der Waals surface area contributed by atoms with Gasteiger partial charge in [0.2, 0.25) is 0 Å². The van der Waals surface area contributed by atoms with Crippen molar-refractivity contribution < 1.29 is 9.90 Å². The van der Waals surface area contributed by atoms with E-state index >= 15 is 0 Å². The second kappa shape index (κ2) is 5.58. The molecule has 0 aromatic carbocycles. The molecule has 6 heteroatoms. The summed E-state index contributed by atoms with van der Waals surface area (Å²) in [5.74, 6) is -0.353. The Morgan fingerprint density at radius 1 is 1.53 bits per heavy atom. The van der Waals surface area contributed by atoms with Crippen LogP contribution in [0.2, 0.25) is 0 Å². The molecule has 1 rings (SSSR count). The van der Waals surface area contributed by atoms with E-state index in [1.54, 1.807) is 13.8 Å². The third-order valence-electron chi connectivity index (χ3n) is 2.27. The van der Waals surface area contributed by atoms with Gasteiger partial charge in [-0.25, -0.2) is 4.68 Å². The van der Waals surface area contributed by atoms with Crippen LogP contribution in [0.15, 0.2) is 16.9 Å². The van der Waals surface area contributed by atoms with Gasteiger partial charge in [-0.3, -0.25) is 9.59 Å². The van der Waals surface area contributed by atoms with Crippen molar-refractivity contribution in [2.75, 3.05) is 0 Å². The molecule has 2 unspecified atom stereocenters. The zero-order valence-electron chi connectivity index (χ0n) is 10.2. The highest BCUT2D eigenvalue weighted by Gasteiger charge is 2.13. The maximum Gasteiger partial charge on any atom is 0.271 e. The maximum absolute atomic E-state index is 11.7. The zero-order chi connectivity index (χ0) is 13.0. The first-order valence-corrected chi connectivity index (χ1v) is 5.43. The highest BCUT2D eigenvalue weighted by atomic mass is 16.3. The topological polar surface area (TPSA) is 84.2 Å². The number of nitrogens with zero attached hydrogens (tertiary/aromatic N) is 2. The fourth-order valence-corrected chi connectivity index (χ4v) is 1.49. The van der Waals surface area contributed by atoms with Gasteiger partial charge in [0.25, 0.3) is 11.5 Å². The van der Waals surface area contributed by atoms with Crippen LogP contribution in [0.25, 0.3) is 0 Å². The molecule has 0 saturated heterocycles. The number of amides is 1. The van der Waals surface area contributed by atoms with Crippen LogP contribution in [0.4, 0.5) is 0 Å². The quantitative estimate of drug-likeness (QED) is 0.753. The predicted molar refractivity (Wildman–Crippen MR) is 62.7 cm³/mol. The Labute approximate surface area is 99.3 Å². The zero-order valence-corrected chi connectivity index (χ0v) is 10.2. The van der Waals surface area contributed by atoms with Crippen LogP contribution in [-0.2, 0) is 7.05 Å². The molecule has 0 radical (unpaired) electrons. The Bertz CT molecular complexity index is 454. The summed E-state index contributed by atoms with van der Waals surface area (Å²) in [5.41, 5.74) is -0.0804. The molecular formula is C11H17N3O3. The Balaban J connectivity index is 2.70. The molecule has 0 fully saturated rings. The maximum atomic E-state index is 11.7. The number of aromatic nitrogens is 2. The molecule has 1 aromatic rings. The molecule has 2 N–H and O–H groups in total. The van der Waals surface area contributed by atoms with Gasteiger partial charge in [-0.15, -0.1) is 0 Å². The van der Waals surface area contributed by atoms with E-state index in [1.165, 1.54) is 19.2 Å². The first-order chi connectivity index (χ1) is 7.90. The van der Waals surface area contributed by atoms with Crippen LogP contribution < -0.4 is 10.9 Å². The van der Waals surface area contributed by atoms with Crippen LogP contribution in [0.5, 0.6) is 0 Å². The molecule has 94 valence electrons. The fraction of sp³-hybridized carbons (Fsp3) is 0.545. The minimum absolute atomic E-state index is 0.151. The van der Waals surface area contributed by atoms with Crippen LogP contribution >= 0.6 is 0 Å². The summed E-state index contributed by atoms with van der Waals surface area (Å²) in [5, 5.41) is 15.7. The molecule has 0 aliphatic heterocycles. The summed E-state index contributed by atoms with van der Waals surface area (Å²) in [7, 11) is 1.48. The number of hydrogen-bond acceptors (Lipinski definition) is 4. The lowest BCUT2D eigenvalue weighted by Gasteiger charge is -2.15. The molecule has 1 heterocycles. The highest BCUT2D eigenvalue weighted by molar-refractivity contribution is 5.92. The molecule has 0 spiro atoms. The van der Waals surface area contributed by atoms with Crippen LogP contribution in [0, 0.1) is 0 Å². The van der Waals surface area contributed by atoms with Crippen LogP contribution in [0.3, 0.4) is 0 Å². The van der Waals surface area contributed by atoms with Gasteiger partial charge in [0.1, 0.15) is 5.69 Å². The number of aliphatic hydroxyl groups excluding tert-OH is 1. The minimum atomic E-state index is -0.474. The van der Waals surface area contributed by atoms with E-state index in [2.05, 4.69) is 10.4 Å². The summed E-state index contributed by atoms with van der Waals surface area (Å²) in [6, 6.07) is 2.52. The lowest BCUT2D eigenvalue weighted by atomic mass is 10.1. The van der Waals surface area contributed by atoms with Gasteiger partial charge in [0, 0.05) is 19.2 Å². The van der Waals surface area contributed by atoms with Gasteiger partial charge in [-0.05, 0) is 26.3 Å². The number of carbonyl (C=O) groups excluding carboxylic acids is 1. The molecular weight excluding hydrogens is 222 g/mol. The first kappa shape index (κ1) is 13.4. The van der Waals surface area contributed by atoms with Crippen molar-refractivity contribution >= 4 is 5.91 Å². The van der Waals surface area contributed by atoms with E-state index in [4.69, 9.17) is 0 Å². The Kier molecular flexibility index (Phi) is 4.39. The largest absolute Gasteiger partial charge is 0.393 e. The van der Waals surface area contributed by atoms with Crippen molar-refractivity contribution in [2.45, 2.75) is 32.4 Å². The smallest absolute Gasteiger partial charge is 0.271 e. The van der Waals surface area contributed by atoms with E-state index in [1.807, 2.05) is 0 Å². The Hall–Kier alpha value is -1.69. The van der Waals surface area contributed by atoms with E-state index in [-0.39, 0.29) is 23.2 Å². The molecule has 2 atom stereocenters. The van der Waals surface area contributed by atoms with E-state index in [9.17, 15) is 14.7 Å². The number of aryl methyl sites for hydroxylation is 1. The third-order valence-corrected chi connectivity index (χ3v) is 2.27. The molecule has 0 saturated carbocycles. The van der Waals surface area contributed by atoms with E-state index in [0.29, 0.717) is 6.42 Å². The average Bonchev–Trinajstić information content (AvgIpc) is 2.20. The number of nitrogens with one attached hydrogen (secondary N) is 1. The van der Waals surface area contributed by atoms with Gasteiger partial charge in [0.05, 0.1) is 6.10 Å². The number of hydrogen-bond donors (Lipinski definition) is 2. The predicted octanol–water partition coefficient (Wildman–Crippen LogP) is -0.331. The normalized spacial score (nSPS) is 14.1. The lowest BCUT2D eigenvalue weighted by Crippen LogP contribution is -2.36. The third kappa shape index (κ3) is 3.99. The Morgan fingerprint density at radius 2 is 2.18 bits per heavy atom. The van der Waals surface area contributed by atoms with E-state index < -0.39 is 6.10 Å². The highest BCUT2D eigenvalue weighted by Crippen LogP contribution is 1.98. The second-order valence-electron chi connectivity index (χ2n) is 4.14. The summed E-state index contributed by atoms with van der Waals surface area (Å²) in [6.07, 6.45) is -0.00397. The number of carbonyl (C=O) groups is 1. The lowest BCUT2D eigenvalue weighted by molar-refractivity contribution is 0.0915. The molecule has 6 nitrogen and oxygen atoms in total. The Morgan fingerprint density at radius 3 is 2.71 bits per heavy atom. The average molecular weight is 239 g/mol. The monoisotopic (exact) mass is 239 g/mol. The summed E-state index contributed by atoms with van der Waals surface area (Å²) in [4.78, 5) is 22.8. The van der Waals surface area contributed by atoms with Crippen LogP contribution in [0.1, 0.15) is 30.8 Å². The molecule has 1 aromatic heterocycles. The minimum Gasteiger partial charge on any atom is -0.393 e. The van der Waals surface area contributed by atoms with Crippen LogP contribution in [-0.4, -0.2) is 32.9 Å². The van der Waals surface area contributed by atoms with Crippen molar-refractivity contribution in [3.05, 3.63) is 28.2 Å². The van der Waals surface area contributed by atoms with Crippen molar-refractivity contribution in [1.29, 1.82) is 0 Å². The fourth-order valence-electron chi connectivity index (χ4n) is 1.49. The van der Waals surface area contributed by atoms with Crippen molar-refractivity contribution in [1.82, 2.24) is 15.1 Å². The summed E-state index contributed by atoms with van der Waals surface area (Å²) >= 11 is 0. The molecule has 0 aliphatic carbocycles. The first-order valence-electron chi connectivity index (χ1n) is 5.43. The number of rotatable bonds is 4. The van der Waals surface area contributed by atoms with Crippen molar-refractivity contribution in [3.63, 3.8) is 0 Å². The van der Waals surface area contributed by atoms with Crippen molar-refractivity contribution in [3.8, 4) is 0 Å². The van der Waals surface area contributed by atoms with Gasteiger partial charge in [0.15, 0.2) is 0 Å². The molecule has 0 aliphatic rings.